The number of aromatic nitrogens is 6. The molecule has 3 aromatic heterocycles. The fourth-order valence-electron chi connectivity index (χ4n) is 4.96. The van der Waals surface area contributed by atoms with Crippen LogP contribution in [0.3, 0.4) is 0 Å². The molecule has 1 aliphatic carbocycles. The molecule has 2 aliphatic rings. The number of H-pyrrole nitrogens is 2. The summed E-state index contributed by atoms with van der Waals surface area (Å²) >= 11 is 0. The molecule has 0 atom stereocenters. The lowest BCUT2D eigenvalue weighted by Gasteiger charge is -2.25. The van der Waals surface area contributed by atoms with E-state index in [9.17, 15) is 0 Å². The molecule has 1 saturated heterocycles. The molecule has 34 heavy (non-hydrogen) atoms. The predicted octanol–water partition coefficient (Wildman–Crippen LogP) is 4.06. The van der Waals surface area contributed by atoms with Crippen LogP contribution in [0, 0.1) is 5.92 Å². The summed E-state index contributed by atoms with van der Waals surface area (Å²) in [5, 5.41) is 22.2. The average Bonchev–Trinajstić information content (AvgIpc) is 3.19. The average molecular weight is 453 g/mol. The highest BCUT2D eigenvalue weighted by atomic mass is 15.4. The Hall–Kier alpha value is -3.65. The number of hydrogen-bond acceptors (Lipinski definition) is 5. The van der Waals surface area contributed by atoms with E-state index < -0.39 is 0 Å². The van der Waals surface area contributed by atoms with Crippen LogP contribution in [0.25, 0.3) is 33.1 Å². The Morgan fingerprint density at radius 1 is 1.06 bits per heavy atom. The van der Waals surface area contributed by atoms with Gasteiger partial charge in [-0.2, -0.15) is 5.10 Å². The van der Waals surface area contributed by atoms with Crippen LogP contribution in [0.1, 0.15) is 30.5 Å². The molecule has 8 heteroatoms. The van der Waals surface area contributed by atoms with Gasteiger partial charge in [-0.05, 0) is 60.5 Å². The first-order valence-electron chi connectivity index (χ1n) is 12.2. The first kappa shape index (κ1) is 19.8. The highest BCUT2D eigenvalue weighted by molar-refractivity contribution is 5.96. The molecular formula is C26H28N8. The van der Waals surface area contributed by atoms with Gasteiger partial charge in [0.15, 0.2) is 0 Å². The second kappa shape index (κ2) is 7.99. The molecule has 0 unspecified atom stereocenters. The van der Waals surface area contributed by atoms with Crippen molar-refractivity contribution in [3.63, 3.8) is 0 Å². The first-order chi connectivity index (χ1) is 16.8. The third-order valence-corrected chi connectivity index (χ3v) is 7.23. The van der Waals surface area contributed by atoms with Gasteiger partial charge in [0.2, 0.25) is 0 Å². The first-order valence-corrected chi connectivity index (χ1v) is 12.2. The summed E-state index contributed by atoms with van der Waals surface area (Å²) in [5.41, 5.74) is 7.79. The molecule has 4 heterocycles. The van der Waals surface area contributed by atoms with E-state index in [1.165, 1.54) is 47.1 Å². The summed E-state index contributed by atoms with van der Waals surface area (Å²) < 4.78 is 1.91. The Morgan fingerprint density at radius 3 is 2.85 bits per heavy atom. The van der Waals surface area contributed by atoms with Gasteiger partial charge in [0.25, 0.3) is 0 Å². The van der Waals surface area contributed by atoms with Crippen molar-refractivity contribution in [2.24, 2.45) is 5.92 Å². The number of anilines is 1. The van der Waals surface area contributed by atoms with Crippen molar-refractivity contribution in [1.82, 2.24) is 35.5 Å². The van der Waals surface area contributed by atoms with Crippen LogP contribution in [0.2, 0.25) is 0 Å². The smallest absolute Gasteiger partial charge is 0.113 e. The van der Waals surface area contributed by atoms with Crippen LogP contribution in [-0.4, -0.2) is 49.8 Å². The van der Waals surface area contributed by atoms with Gasteiger partial charge in [0.1, 0.15) is 5.69 Å². The van der Waals surface area contributed by atoms with Gasteiger partial charge in [-0.3, -0.25) is 5.10 Å². The van der Waals surface area contributed by atoms with Crippen molar-refractivity contribution in [3.05, 3.63) is 60.0 Å². The molecule has 2 aromatic carbocycles. The molecule has 0 bridgehead atoms. The molecule has 172 valence electrons. The summed E-state index contributed by atoms with van der Waals surface area (Å²) in [4.78, 5) is 5.91. The molecular weight excluding hydrogens is 424 g/mol. The number of fused-ring (bicyclic) bond motifs is 2. The SMILES string of the molecule is c1cc2cc(CNCC3CCC3)[nH]c2cc1Cn1cc(-c2cc(N3CC3)cc3[nH]ncc23)nn1. The minimum absolute atomic E-state index is 0.678. The number of nitrogens with zero attached hydrogens (tertiary/aromatic N) is 5. The largest absolute Gasteiger partial charge is 0.368 e. The second-order valence-corrected chi connectivity index (χ2v) is 9.76. The van der Waals surface area contributed by atoms with E-state index in [4.69, 9.17) is 0 Å². The summed E-state index contributed by atoms with van der Waals surface area (Å²) in [6, 6.07) is 13.2. The summed E-state index contributed by atoms with van der Waals surface area (Å²) in [6.07, 6.45) is 8.05. The lowest BCUT2D eigenvalue weighted by molar-refractivity contribution is 0.301. The van der Waals surface area contributed by atoms with E-state index >= 15 is 0 Å². The molecule has 7 rings (SSSR count). The molecule has 0 amide bonds. The Morgan fingerprint density at radius 2 is 2.00 bits per heavy atom. The summed E-state index contributed by atoms with van der Waals surface area (Å²) in [5.74, 6) is 0.877. The van der Waals surface area contributed by atoms with Crippen molar-refractivity contribution in [2.75, 3.05) is 24.5 Å². The van der Waals surface area contributed by atoms with Crippen molar-refractivity contribution in [1.29, 1.82) is 0 Å². The highest BCUT2D eigenvalue weighted by Gasteiger charge is 2.21. The molecule has 8 nitrogen and oxygen atoms in total. The van der Waals surface area contributed by atoms with Crippen LogP contribution < -0.4 is 10.2 Å². The summed E-state index contributed by atoms with van der Waals surface area (Å²) in [7, 11) is 0. The van der Waals surface area contributed by atoms with Gasteiger partial charge in [0, 0.05) is 47.5 Å². The number of rotatable bonds is 8. The number of nitrogens with one attached hydrogen (secondary N) is 3. The molecule has 1 aliphatic heterocycles. The van der Waals surface area contributed by atoms with Gasteiger partial charge in [-0.15, -0.1) is 5.10 Å². The lowest BCUT2D eigenvalue weighted by Crippen LogP contribution is -2.26. The summed E-state index contributed by atoms with van der Waals surface area (Å²) in [6.45, 7) is 4.90. The quantitative estimate of drug-likeness (QED) is 0.309. The van der Waals surface area contributed by atoms with Crippen LogP contribution in [0.15, 0.2) is 48.8 Å². The molecule has 1 saturated carbocycles. The molecule has 0 spiro atoms. The highest BCUT2D eigenvalue weighted by Crippen LogP contribution is 2.33. The Labute approximate surface area is 197 Å². The van der Waals surface area contributed by atoms with Crippen molar-refractivity contribution in [2.45, 2.75) is 32.4 Å². The van der Waals surface area contributed by atoms with E-state index in [2.05, 4.69) is 72.1 Å². The molecule has 3 N–H and O–H groups in total. The van der Waals surface area contributed by atoms with E-state index in [-0.39, 0.29) is 0 Å². The topological polar surface area (TPSA) is 90.2 Å². The van der Waals surface area contributed by atoms with E-state index in [1.807, 2.05) is 17.1 Å². The van der Waals surface area contributed by atoms with Crippen molar-refractivity contribution < 1.29 is 0 Å². The minimum Gasteiger partial charge on any atom is -0.368 e. The van der Waals surface area contributed by atoms with Gasteiger partial charge in [-0.25, -0.2) is 4.68 Å². The maximum Gasteiger partial charge on any atom is 0.113 e. The number of hydrogen-bond donors (Lipinski definition) is 3. The van der Waals surface area contributed by atoms with Crippen molar-refractivity contribution in [3.8, 4) is 11.3 Å². The van der Waals surface area contributed by atoms with Crippen LogP contribution in [-0.2, 0) is 13.1 Å². The third-order valence-electron chi connectivity index (χ3n) is 7.23. The zero-order chi connectivity index (χ0) is 22.5. The van der Waals surface area contributed by atoms with E-state index in [0.717, 1.165) is 54.3 Å². The zero-order valence-electron chi connectivity index (χ0n) is 19.1. The maximum atomic E-state index is 4.50. The van der Waals surface area contributed by atoms with Gasteiger partial charge < -0.3 is 15.2 Å². The van der Waals surface area contributed by atoms with Gasteiger partial charge in [-0.1, -0.05) is 23.8 Å². The Bertz CT molecular complexity index is 1470. The molecule has 0 radical (unpaired) electrons. The maximum absolute atomic E-state index is 4.50. The van der Waals surface area contributed by atoms with Crippen LogP contribution in [0.4, 0.5) is 5.69 Å². The standard InChI is InChI=1S/C26H28N8/c1-2-17(3-1)12-27-13-20-9-19-5-4-18(8-24(19)29-20)15-34-16-26(31-32-34)22-10-21(33-6-7-33)11-25-23(22)14-28-30-25/h4-5,8-11,14,16-17,27,29H,1-3,6-7,12-13,15H2,(H,28,30). The van der Waals surface area contributed by atoms with Gasteiger partial charge >= 0.3 is 0 Å². The fourth-order valence-corrected chi connectivity index (χ4v) is 4.96. The molecule has 2 fully saturated rings. The van der Waals surface area contributed by atoms with Gasteiger partial charge in [0.05, 0.1) is 24.5 Å². The zero-order valence-corrected chi connectivity index (χ0v) is 19.1. The van der Waals surface area contributed by atoms with Crippen LogP contribution >= 0.6 is 0 Å². The monoisotopic (exact) mass is 452 g/mol. The number of aromatic amines is 2. The van der Waals surface area contributed by atoms with Crippen LogP contribution in [0.5, 0.6) is 0 Å². The predicted molar refractivity (Wildman–Crippen MR) is 134 cm³/mol. The second-order valence-electron chi connectivity index (χ2n) is 9.76. The minimum atomic E-state index is 0.678. The fraction of sp³-hybridized carbons (Fsp3) is 0.346. The van der Waals surface area contributed by atoms with E-state index in [1.54, 1.807) is 0 Å². The number of benzene rings is 2. The van der Waals surface area contributed by atoms with Crippen molar-refractivity contribution >= 4 is 27.5 Å². The lowest BCUT2D eigenvalue weighted by atomic mass is 9.85. The van der Waals surface area contributed by atoms with E-state index in [0.29, 0.717) is 6.54 Å². The third kappa shape index (κ3) is 3.74. The molecule has 5 aromatic rings. The normalized spacial score (nSPS) is 15.9. The Balaban J connectivity index is 1.09. The Kier molecular flexibility index (Phi) is 4.65.